The number of allylic oxidation sites excluding steroid dienone is 2. The van der Waals surface area contributed by atoms with Gasteiger partial charge >= 0.3 is 23.9 Å². The number of carboxylic acid groups (broad SMARTS) is 1. The van der Waals surface area contributed by atoms with E-state index in [2.05, 4.69) is 47.7 Å². The van der Waals surface area contributed by atoms with Gasteiger partial charge in [-0.05, 0) is 63.1 Å². The summed E-state index contributed by atoms with van der Waals surface area (Å²) in [5, 5.41) is 12.1. The summed E-state index contributed by atoms with van der Waals surface area (Å²) < 4.78 is 22.9. The Balaban J connectivity index is 0.000000463. The lowest BCUT2D eigenvalue weighted by molar-refractivity contribution is -0.152. The van der Waals surface area contributed by atoms with Crippen LogP contribution in [0.4, 0.5) is 0 Å². The van der Waals surface area contributed by atoms with Crippen LogP contribution < -0.4 is 0 Å². The van der Waals surface area contributed by atoms with Crippen molar-refractivity contribution in [2.24, 2.45) is 23.2 Å². The maximum Gasteiger partial charge on any atom is 0.314 e. The molecule has 2 N–H and O–H groups in total. The minimum atomic E-state index is -1.03. The molecule has 4 rings (SSSR count). The molecule has 0 aromatic carbocycles. The molecule has 1 amide bonds. The van der Waals surface area contributed by atoms with Crippen molar-refractivity contribution in [3.63, 3.8) is 0 Å². The molecular formula is C31H52N2O9. The van der Waals surface area contributed by atoms with Crippen molar-refractivity contribution in [3.05, 3.63) is 12.2 Å². The second kappa shape index (κ2) is 19.4. The third-order valence-electron chi connectivity index (χ3n) is 8.21. The van der Waals surface area contributed by atoms with Crippen molar-refractivity contribution < 1.29 is 45.0 Å². The summed E-state index contributed by atoms with van der Waals surface area (Å²) in [4.78, 5) is 59.1. The highest BCUT2D eigenvalue weighted by Gasteiger charge is 2.39. The molecule has 42 heavy (non-hydrogen) atoms. The highest BCUT2D eigenvalue weighted by atomic mass is 16.6. The first-order valence-electron chi connectivity index (χ1n) is 16.2. The molecule has 0 aromatic heterocycles. The van der Waals surface area contributed by atoms with Crippen molar-refractivity contribution in [1.29, 1.82) is 1.43 Å². The van der Waals surface area contributed by atoms with Crippen molar-refractivity contribution in [2.45, 2.75) is 85.5 Å². The van der Waals surface area contributed by atoms with E-state index in [1.165, 1.54) is 33.2 Å². The fourth-order valence-electron chi connectivity index (χ4n) is 5.48. The standard InChI is InChI=1S/C20H29NO5.C6H15N.C4H4O3.CH4O/c1-20(13-26-19(25)5-4-18(23)24)6-8-21(9-7-20)17(22)12-16-11-14-2-3-15(16)10-14;1-4-7(5-2)6-3;5-3-1-2-4(6)7-3;1-2/h2-3,14-16H,4-13H2,1H3,(H,23,24);4-6H2,1-3H3;1-2H2;2H,1H3/i1T;;;2T. The largest absolute Gasteiger partial charge is 0.481 e. The van der Waals surface area contributed by atoms with Crippen molar-refractivity contribution in [3.8, 4) is 0 Å². The van der Waals surface area contributed by atoms with Crippen LogP contribution >= 0.6 is 0 Å². The van der Waals surface area contributed by atoms with Gasteiger partial charge in [-0.3, -0.25) is 24.0 Å². The van der Waals surface area contributed by atoms with Gasteiger partial charge in [-0.1, -0.05) is 39.8 Å². The lowest BCUT2D eigenvalue weighted by Gasteiger charge is -2.39. The quantitative estimate of drug-likeness (QED) is 0.217. The number of aliphatic hydroxyl groups excluding tert-OH is 1. The summed E-state index contributed by atoms with van der Waals surface area (Å²) in [6.07, 6.45) is 8.92. The molecule has 240 valence electrons. The molecule has 4 aliphatic rings. The summed E-state index contributed by atoms with van der Waals surface area (Å²) in [6.45, 7) is 11.6. The van der Waals surface area contributed by atoms with Crippen molar-refractivity contribution in [2.75, 3.05) is 46.4 Å². The van der Waals surface area contributed by atoms with Gasteiger partial charge in [-0.2, -0.15) is 0 Å². The Morgan fingerprint density at radius 3 is 2.05 bits per heavy atom. The number of hydrogen-bond acceptors (Lipinski definition) is 9. The number of carbonyl (C=O) groups is 5. The van der Waals surface area contributed by atoms with Crippen molar-refractivity contribution >= 4 is 29.8 Å². The van der Waals surface area contributed by atoms with Gasteiger partial charge in [-0.25, -0.2) is 0 Å². The van der Waals surface area contributed by atoms with Crippen LogP contribution in [0, 0.1) is 23.2 Å². The van der Waals surface area contributed by atoms with E-state index in [0.717, 1.165) is 6.42 Å². The van der Waals surface area contributed by atoms with E-state index in [4.69, 9.17) is 12.6 Å². The van der Waals surface area contributed by atoms with Crippen LogP contribution in [0.1, 0.15) is 86.8 Å². The molecule has 2 saturated heterocycles. The van der Waals surface area contributed by atoms with E-state index in [-0.39, 0.29) is 45.1 Å². The molecule has 11 nitrogen and oxygen atoms in total. The number of likely N-dealkylation sites (tertiary alicyclic amines) is 1. The van der Waals surface area contributed by atoms with Gasteiger partial charge in [-0.15, -0.1) is 0 Å². The van der Waals surface area contributed by atoms with Crippen LogP contribution in [0.5, 0.6) is 0 Å². The monoisotopic (exact) mass is 600 g/mol. The lowest BCUT2D eigenvalue weighted by Crippen LogP contribution is -2.44. The number of carbonyl (C=O) groups excluding carboxylic acids is 4. The molecule has 0 radical (unpaired) electrons. The molecule has 3 unspecified atom stereocenters. The number of aliphatic hydroxyl groups is 1. The highest BCUT2D eigenvalue weighted by molar-refractivity contribution is 5.92. The van der Waals surface area contributed by atoms with E-state index in [1.54, 1.807) is 0 Å². The Morgan fingerprint density at radius 2 is 1.67 bits per heavy atom. The summed E-state index contributed by atoms with van der Waals surface area (Å²) in [5.41, 5.74) is -0.426. The Morgan fingerprint density at radius 1 is 1.07 bits per heavy atom. The molecule has 1 saturated carbocycles. The maximum atomic E-state index is 12.7. The summed E-state index contributed by atoms with van der Waals surface area (Å²) in [7, 11) is 1.29. The zero-order valence-corrected chi connectivity index (χ0v) is 25.8. The van der Waals surface area contributed by atoms with Crippen LogP contribution in [0.2, 0.25) is 0 Å². The van der Waals surface area contributed by atoms with Crippen molar-refractivity contribution in [1.82, 2.24) is 9.80 Å². The van der Waals surface area contributed by atoms with E-state index in [0.29, 0.717) is 50.1 Å². The fraction of sp³-hybridized carbons (Fsp3) is 0.774. The number of esters is 3. The minimum absolute atomic E-state index is 0.133. The molecule has 2 heterocycles. The van der Waals surface area contributed by atoms with Crippen LogP contribution in [0.15, 0.2) is 12.2 Å². The maximum absolute atomic E-state index is 12.7. The average Bonchev–Trinajstić information content (AvgIpc) is 3.74. The van der Waals surface area contributed by atoms with Gasteiger partial charge in [0.05, 0.1) is 32.3 Å². The molecule has 0 aromatic rings. The number of amides is 1. The lowest BCUT2D eigenvalue weighted by atomic mass is 9.81. The summed E-state index contributed by atoms with van der Waals surface area (Å²) >= 11 is 0. The van der Waals surface area contributed by atoms with Gasteiger partial charge in [0.1, 0.15) is 0 Å². The normalized spacial score (nSPS) is 23.7. The number of cyclic esters (lactones) is 2. The number of hydrogen-bond donors (Lipinski definition) is 2. The SMILES string of the molecule is CCN(CC)CC.O=C1CCC(=O)O1.[3H]CC1(COC(=O)CCC(=O)O)CCN(C(=O)CC2CC3C=CC2C3)CC1.[3H]OC. The number of carboxylic acids is 1. The number of rotatable bonds is 10. The van der Waals surface area contributed by atoms with E-state index in [1.807, 2.05) is 4.90 Å². The summed E-state index contributed by atoms with van der Waals surface area (Å²) in [6, 6.07) is 0. The van der Waals surface area contributed by atoms with Crippen LogP contribution in [-0.2, 0) is 33.4 Å². The molecule has 2 aliphatic heterocycles. The molecule has 3 fully saturated rings. The predicted octanol–water partition coefficient (Wildman–Crippen LogP) is 3.43. The molecule has 2 bridgehead atoms. The Bertz CT molecular complexity index is 931. The highest BCUT2D eigenvalue weighted by Crippen LogP contribution is 2.45. The third-order valence-corrected chi connectivity index (χ3v) is 8.21. The predicted molar refractivity (Wildman–Crippen MR) is 157 cm³/mol. The topological polar surface area (TPSA) is 151 Å². The summed E-state index contributed by atoms with van der Waals surface area (Å²) in [5.74, 6) is -0.436. The number of piperidine rings is 1. The fourth-order valence-corrected chi connectivity index (χ4v) is 5.48. The Kier molecular flexibility index (Phi) is 15.6. The van der Waals surface area contributed by atoms with E-state index >= 15 is 0 Å². The number of aliphatic carboxylic acids is 1. The second-order valence-electron chi connectivity index (χ2n) is 11.1. The number of fused-ring (bicyclic) bond motifs is 2. The smallest absolute Gasteiger partial charge is 0.314 e. The number of ether oxygens (including phenoxy) is 2. The van der Waals surface area contributed by atoms with E-state index in [9.17, 15) is 24.0 Å². The van der Waals surface area contributed by atoms with Crippen LogP contribution in [-0.4, -0.2) is 97.7 Å². The van der Waals surface area contributed by atoms with Gasteiger partial charge in [0.25, 0.3) is 0 Å². The Hall–Kier alpha value is -2.79. The van der Waals surface area contributed by atoms with Gasteiger partial charge in [0, 0.05) is 33.4 Å². The first-order valence-corrected chi connectivity index (χ1v) is 15.0. The van der Waals surface area contributed by atoms with Crippen LogP contribution in [0.25, 0.3) is 0 Å². The molecule has 0 spiro atoms. The average molecular weight is 601 g/mol. The van der Waals surface area contributed by atoms with Gasteiger partial charge < -0.3 is 29.5 Å². The zero-order chi connectivity index (χ0) is 33.1. The molecule has 2 aliphatic carbocycles. The third kappa shape index (κ3) is 13.5. The van der Waals surface area contributed by atoms with Gasteiger partial charge in [0.15, 0.2) is 0 Å². The van der Waals surface area contributed by atoms with Crippen LogP contribution in [0.3, 0.4) is 0 Å². The van der Waals surface area contributed by atoms with Gasteiger partial charge in [0.2, 0.25) is 7.34 Å². The molecule has 11 heteroatoms. The zero-order valence-electron chi connectivity index (χ0n) is 27.8. The second-order valence-corrected chi connectivity index (χ2v) is 11.1. The van der Waals surface area contributed by atoms with E-state index < -0.39 is 29.3 Å². The molecule has 3 atom stereocenters. The molecular weight excluding hydrogens is 544 g/mol. The minimum Gasteiger partial charge on any atom is -0.481 e. The Labute approximate surface area is 253 Å². The number of nitrogens with zero attached hydrogens (tertiary/aromatic N) is 2. The first kappa shape index (κ1) is 33.7. The first-order chi connectivity index (χ1) is 21.0.